The molecule has 3 aromatic carbocycles. The molecule has 0 aliphatic heterocycles. The average molecular weight is 443 g/mol. The van der Waals surface area contributed by atoms with Crippen molar-refractivity contribution in [1.29, 1.82) is 0 Å². The lowest BCUT2D eigenvalue weighted by Gasteiger charge is -2.07. The molecule has 0 aliphatic rings. The number of para-hydroxylation sites is 1. The van der Waals surface area contributed by atoms with Crippen LogP contribution in [0.3, 0.4) is 0 Å². The Labute approximate surface area is 187 Å². The highest BCUT2D eigenvalue weighted by Gasteiger charge is 2.15. The first-order valence-corrected chi connectivity index (χ1v) is 11.8. The molecule has 0 unspecified atom stereocenters. The van der Waals surface area contributed by atoms with Crippen molar-refractivity contribution in [1.82, 2.24) is 4.98 Å². The number of rotatable bonds is 6. The van der Waals surface area contributed by atoms with Gasteiger partial charge in [-0.15, -0.1) is 0 Å². The second-order valence-electron chi connectivity index (χ2n) is 7.52. The van der Waals surface area contributed by atoms with E-state index in [2.05, 4.69) is 10.3 Å². The predicted octanol–water partition coefficient (Wildman–Crippen LogP) is 5.17. The zero-order chi connectivity index (χ0) is 22.6. The normalized spacial score (nSPS) is 11.7. The molecule has 4 rings (SSSR count). The molecule has 1 heterocycles. The quantitative estimate of drug-likeness (QED) is 0.418. The minimum atomic E-state index is -3.51. The summed E-state index contributed by atoms with van der Waals surface area (Å²) in [5, 5.41) is 3.76. The van der Waals surface area contributed by atoms with Crippen molar-refractivity contribution in [3.05, 3.63) is 108 Å². The lowest BCUT2D eigenvalue weighted by atomic mass is 10.2. The van der Waals surface area contributed by atoms with Crippen molar-refractivity contribution in [2.24, 2.45) is 0 Å². The van der Waals surface area contributed by atoms with Gasteiger partial charge in [0.15, 0.2) is 9.84 Å². The third-order valence-corrected chi connectivity index (χ3v) is 6.66. The fourth-order valence-corrected chi connectivity index (χ4v) is 4.85. The van der Waals surface area contributed by atoms with Crippen molar-refractivity contribution in [3.63, 3.8) is 0 Å². The number of hydrogen-bond acceptors (Lipinski definition) is 4. The molecule has 1 N–H and O–H groups in total. The number of aromatic nitrogens is 1. The van der Waals surface area contributed by atoms with Crippen molar-refractivity contribution in [2.75, 3.05) is 5.32 Å². The molecule has 0 radical (unpaired) electrons. The number of anilines is 1. The first kappa shape index (κ1) is 21.5. The van der Waals surface area contributed by atoms with Crippen LogP contribution in [0.1, 0.15) is 16.7 Å². The number of nitrogens with one attached hydrogen (secondary N) is 1. The van der Waals surface area contributed by atoms with Crippen LogP contribution in [0.2, 0.25) is 0 Å². The number of amides is 1. The van der Waals surface area contributed by atoms with Crippen molar-refractivity contribution >= 4 is 38.4 Å². The maximum atomic E-state index is 12.9. The van der Waals surface area contributed by atoms with Gasteiger partial charge >= 0.3 is 0 Å². The average Bonchev–Trinajstić information content (AvgIpc) is 2.78. The third-order valence-electron chi connectivity index (χ3n) is 4.97. The van der Waals surface area contributed by atoms with Crippen LogP contribution in [-0.2, 0) is 20.4 Å². The van der Waals surface area contributed by atoms with Crippen LogP contribution in [0, 0.1) is 6.92 Å². The summed E-state index contributed by atoms with van der Waals surface area (Å²) in [6.45, 7) is 1.93. The van der Waals surface area contributed by atoms with Gasteiger partial charge in [-0.1, -0.05) is 60.2 Å². The summed E-state index contributed by atoms with van der Waals surface area (Å²) in [7, 11) is -3.51. The highest BCUT2D eigenvalue weighted by atomic mass is 32.2. The van der Waals surface area contributed by atoms with Crippen LogP contribution in [0.25, 0.3) is 17.0 Å². The molecule has 1 aromatic heterocycles. The van der Waals surface area contributed by atoms with E-state index in [1.54, 1.807) is 48.7 Å². The first-order valence-electron chi connectivity index (χ1n) is 10.1. The summed E-state index contributed by atoms with van der Waals surface area (Å²) < 4.78 is 25.7. The molecule has 0 aliphatic carbocycles. The van der Waals surface area contributed by atoms with Gasteiger partial charge < -0.3 is 5.32 Å². The van der Waals surface area contributed by atoms with E-state index in [0.717, 1.165) is 16.5 Å². The number of hydrogen-bond donors (Lipinski definition) is 1. The Morgan fingerprint density at radius 2 is 1.75 bits per heavy atom. The van der Waals surface area contributed by atoms with Crippen LogP contribution in [0.4, 0.5) is 5.69 Å². The van der Waals surface area contributed by atoms with E-state index in [9.17, 15) is 13.2 Å². The fourth-order valence-electron chi connectivity index (χ4n) is 3.47. The number of carbonyl (C=O) groups excluding carboxylic acids is 1. The molecule has 32 heavy (non-hydrogen) atoms. The molecule has 0 saturated carbocycles. The molecule has 0 bridgehead atoms. The lowest BCUT2D eigenvalue weighted by molar-refractivity contribution is -0.111. The van der Waals surface area contributed by atoms with Crippen molar-refractivity contribution in [3.8, 4) is 0 Å². The topological polar surface area (TPSA) is 76.1 Å². The molecule has 6 heteroatoms. The third kappa shape index (κ3) is 5.10. The molecule has 5 nitrogen and oxygen atoms in total. The summed E-state index contributed by atoms with van der Waals surface area (Å²) in [5.74, 6) is -0.396. The Morgan fingerprint density at radius 3 is 2.59 bits per heavy atom. The second-order valence-corrected chi connectivity index (χ2v) is 9.51. The van der Waals surface area contributed by atoms with Gasteiger partial charge in [0.05, 0.1) is 21.9 Å². The first-order chi connectivity index (χ1) is 15.4. The molecule has 0 spiro atoms. The van der Waals surface area contributed by atoms with Gasteiger partial charge in [-0.2, -0.15) is 0 Å². The largest absolute Gasteiger partial charge is 0.321 e. The summed E-state index contributed by atoms with van der Waals surface area (Å²) in [6, 6.07) is 23.4. The molecule has 0 atom stereocenters. The smallest absolute Gasteiger partial charge is 0.248 e. The minimum Gasteiger partial charge on any atom is -0.321 e. The number of sulfone groups is 1. The number of nitrogens with zero attached hydrogens (tertiary/aromatic N) is 1. The molecule has 160 valence electrons. The fraction of sp³-hybridized carbons (Fsp3) is 0.0769. The SMILES string of the molecule is Cc1cccc(CS(=O)(=O)c2cccc(/C=C/C(=O)Nc3cccc4cccnc34)c2)c1. The van der Waals surface area contributed by atoms with Gasteiger partial charge in [-0.3, -0.25) is 9.78 Å². The molecular weight excluding hydrogens is 420 g/mol. The minimum absolute atomic E-state index is 0.0730. The van der Waals surface area contributed by atoms with Gasteiger partial charge in [0.1, 0.15) is 0 Å². The lowest BCUT2D eigenvalue weighted by Crippen LogP contribution is -2.08. The number of pyridine rings is 1. The van der Waals surface area contributed by atoms with Crippen molar-refractivity contribution in [2.45, 2.75) is 17.6 Å². The maximum absolute atomic E-state index is 12.9. The molecule has 0 saturated heterocycles. The van der Waals surface area contributed by atoms with Crippen LogP contribution < -0.4 is 5.32 Å². The van der Waals surface area contributed by atoms with E-state index in [1.807, 2.05) is 49.4 Å². The zero-order valence-electron chi connectivity index (χ0n) is 17.5. The zero-order valence-corrected chi connectivity index (χ0v) is 18.3. The van der Waals surface area contributed by atoms with Crippen LogP contribution in [0.5, 0.6) is 0 Å². The van der Waals surface area contributed by atoms with Gasteiger partial charge in [-0.25, -0.2) is 8.42 Å². The van der Waals surface area contributed by atoms with E-state index in [4.69, 9.17) is 0 Å². The Morgan fingerprint density at radius 1 is 0.969 bits per heavy atom. The molecule has 0 fully saturated rings. The van der Waals surface area contributed by atoms with Gasteiger partial charge in [0.2, 0.25) is 5.91 Å². The predicted molar refractivity (Wildman–Crippen MR) is 128 cm³/mol. The summed E-state index contributed by atoms with van der Waals surface area (Å²) in [6.07, 6.45) is 4.66. The van der Waals surface area contributed by atoms with Gasteiger partial charge in [0, 0.05) is 17.7 Å². The summed E-state index contributed by atoms with van der Waals surface area (Å²) >= 11 is 0. The highest BCUT2D eigenvalue weighted by Crippen LogP contribution is 2.21. The monoisotopic (exact) mass is 442 g/mol. The van der Waals surface area contributed by atoms with E-state index >= 15 is 0 Å². The molecular formula is C26H22N2O3S. The second kappa shape index (κ2) is 9.16. The number of benzene rings is 3. The molecule has 4 aromatic rings. The molecule has 1 amide bonds. The number of carbonyl (C=O) groups is 1. The maximum Gasteiger partial charge on any atom is 0.248 e. The van der Waals surface area contributed by atoms with Gasteiger partial charge in [0.25, 0.3) is 0 Å². The standard InChI is InChI=1S/C26H22N2O3S/c1-19-6-2-8-21(16-19)18-32(30,31)23-11-3-7-20(17-23)13-14-25(29)28-24-12-4-9-22-10-5-15-27-26(22)24/h2-17H,18H2,1H3,(H,28,29)/b14-13+. The van der Waals surface area contributed by atoms with E-state index in [0.29, 0.717) is 16.8 Å². The Balaban J connectivity index is 1.50. The van der Waals surface area contributed by atoms with E-state index in [1.165, 1.54) is 6.08 Å². The van der Waals surface area contributed by atoms with E-state index in [-0.39, 0.29) is 16.6 Å². The Hall–Kier alpha value is -3.77. The van der Waals surface area contributed by atoms with E-state index < -0.39 is 9.84 Å². The van der Waals surface area contributed by atoms with Crippen molar-refractivity contribution < 1.29 is 13.2 Å². The number of aryl methyl sites for hydroxylation is 1. The van der Waals surface area contributed by atoms with Gasteiger partial charge in [-0.05, 0) is 48.4 Å². The number of fused-ring (bicyclic) bond motifs is 1. The summed E-state index contributed by atoms with van der Waals surface area (Å²) in [4.78, 5) is 17.0. The highest BCUT2D eigenvalue weighted by molar-refractivity contribution is 7.90. The van der Waals surface area contributed by atoms with Crippen LogP contribution >= 0.6 is 0 Å². The Kier molecular flexibility index (Phi) is 6.14. The Bertz CT molecular complexity index is 1420. The summed E-state index contributed by atoms with van der Waals surface area (Å²) in [5.41, 5.74) is 3.71. The van der Waals surface area contributed by atoms with Crippen LogP contribution in [-0.4, -0.2) is 19.3 Å². The van der Waals surface area contributed by atoms with Crippen LogP contribution in [0.15, 0.2) is 96.0 Å².